The largest absolute Gasteiger partial charge is 0.478 e. The second-order valence-corrected chi connectivity index (χ2v) is 7.09. The summed E-state index contributed by atoms with van der Waals surface area (Å²) in [6.45, 7) is 0.0598. The van der Waals surface area contributed by atoms with E-state index in [0.717, 1.165) is 6.07 Å². The topological polar surface area (TPSA) is 96.4 Å². The number of nitrogens with one attached hydrogen (secondary N) is 1. The summed E-state index contributed by atoms with van der Waals surface area (Å²) in [5, 5.41) is 10.7. The number of benzene rings is 1. The van der Waals surface area contributed by atoms with Crippen LogP contribution in [-0.2, 0) is 16.6 Å². The molecule has 0 spiro atoms. The van der Waals surface area contributed by atoms with E-state index in [-0.39, 0.29) is 17.0 Å². The molecule has 2 aromatic rings. The molecule has 106 valence electrons. The summed E-state index contributed by atoms with van der Waals surface area (Å²) in [5.41, 5.74) is 2.10. The van der Waals surface area contributed by atoms with Gasteiger partial charge in [0, 0.05) is 9.85 Å². The molecule has 9 heteroatoms. The van der Waals surface area contributed by atoms with Gasteiger partial charge < -0.3 is 5.11 Å². The Balaban J connectivity index is 2.25. The molecule has 6 nitrogen and oxygen atoms in total. The highest BCUT2D eigenvalue weighted by Gasteiger charge is 2.18. The summed E-state index contributed by atoms with van der Waals surface area (Å²) in [6.07, 6.45) is 0. The minimum absolute atomic E-state index is 0.0598. The van der Waals surface area contributed by atoms with Gasteiger partial charge in [-0.1, -0.05) is 0 Å². The molecule has 0 amide bonds. The van der Waals surface area contributed by atoms with Gasteiger partial charge in [-0.15, -0.1) is 11.3 Å². The Hall–Kier alpha value is -1.29. The predicted molar refractivity (Wildman–Crippen MR) is 77.2 cm³/mol. The highest BCUT2D eigenvalue weighted by atomic mass is 79.9. The summed E-state index contributed by atoms with van der Waals surface area (Å²) >= 11 is 4.43. The third-order valence-corrected chi connectivity index (χ3v) is 5.13. The quantitative estimate of drug-likeness (QED) is 0.832. The van der Waals surface area contributed by atoms with Crippen molar-refractivity contribution in [1.29, 1.82) is 0 Å². The van der Waals surface area contributed by atoms with Gasteiger partial charge in [0.05, 0.1) is 28.2 Å². The van der Waals surface area contributed by atoms with Crippen LogP contribution in [0.15, 0.2) is 38.5 Å². The van der Waals surface area contributed by atoms with Crippen LogP contribution in [-0.4, -0.2) is 24.5 Å². The fourth-order valence-electron chi connectivity index (χ4n) is 1.41. The Bertz CT molecular complexity index is 729. The smallest absolute Gasteiger partial charge is 0.336 e. The Morgan fingerprint density at radius 1 is 1.45 bits per heavy atom. The van der Waals surface area contributed by atoms with E-state index in [1.807, 2.05) is 0 Å². The highest BCUT2D eigenvalue weighted by molar-refractivity contribution is 9.10. The molecule has 0 unspecified atom stereocenters. The number of nitrogens with zero attached hydrogens (tertiary/aromatic N) is 1. The number of hydrogen-bond acceptors (Lipinski definition) is 5. The van der Waals surface area contributed by atoms with Crippen molar-refractivity contribution in [2.24, 2.45) is 0 Å². The van der Waals surface area contributed by atoms with Crippen LogP contribution < -0.4 is 4.72 Å². The maximum Gasteiger partial charge on any atom is 0.336 e. The molecule has 2 rings (SSSR count). The lowest BCUT2D eigenvalue weighted by molar-refractivity contribution is 0.0695. The summed E-state index contributed by atoms with van der Waals surface area (Å²) in [5.74, 6) is -1.20. The molecule has 0 aliphatic heterocycles. The van der Waals surface area contributed by atoms with Gasteiger partial charge in [0.25, 0.3) is 0 Å². The average Bonchev–Trinajstić information content (AvgIpc) is 2.89. The van der Waals surface area contributed by atoms with Gasteiger partial charge in [-0.2, -0.15) is 0 Å². The van der Waals surface area contributed by atoms with Crippen molar-refractivity contribution in [3.63, 3.8) is 0 Å². The maximum atomic E-state index is 12.1. The molecule has 0 aliphatic rings. The van der Waals surface area contributed by atoms with Crippen LogP contribution in [0.25, 0.3) is 0 Å². The van der Waals surface area contributed by atoms with Crippen molar-refractivity contribution in [1.82, 2.24) is 9.71 Å². The molecular formula is C11H9BrN2O4S2. The molecule has 0 radical (unpaired) electrons. The first-order valence-corrected chi connectivity index (χ1v) is 8.51. The average molecular weight is 377 g/mol. The zero-order valence-electron chi connectivity index (χ0n) is 9.91. The first kappa shape index (κ1) is 15.1. The normalized spacial score (nSPS) is 11.4. The minimum Gasteiger partial charge on any atom is -0.478 e. The fourth-order valence-corrected chi connectivity index (χ4v) is 3.41. The molecule has 0 fully saturated rings. The Kier molecular flexibility index (Phi) is 4.53. The third-order valence-electron chi connectivity index (χ3n) is 2.41. The van der Waals surface area contributed by atoms with Gasteiger partial charge in [0.15, 0.2) is 0 Å². The number of rotatable bonds is 5. The van der Waals surface area contributed by atoms with E-state index in [2.05, 4.69) is 25.6 Å². The molecule has 20 heavy (non-hydrogen) atoms. The third kappa shape index (κ3) is 3.42. The van der Waals surface area contributed by atoms with E-state index in [1.54, 1.807) is 10.9 Å². The summed E-state index contributed by atoms with van der Waals surface area (Å²) in [4.78, 5) is 14.9. The SMILES string of the molecule is O=C(O)c1cc(S(=O)(=O)NCc2cscn2)ccc1Br. The molecule has 0 atom stereocenters. The Morgan fingerprint density at radius 2 is 2.20 bits per heavy atom. The van der Waals surface area contributed by atoms with Crippen LogP contribution >= 0.6 is 27.3 Å². The second-order valence-electron chi connectivity index (χ2n) is 3.75. The number of carboxylic acid groups (broad SMARTS) is 1. The van der Waals surface area contributed by atoms with Crippen LogP contribution in [0.4, 0.5) is 0 Å². The van der Waals surface area contributed by atoms with E-state index in [4.69, 9.17) is 5.11 Å². The van der Waals surface area contributed by atoms with Crippen LogP contribution in [0.3, 0.4) is 0 Å². The van der Waals surface area contributed by atoms with Gasteiger partial charge in [0.1, 0.15) is 0 Å². The number of thiazole rings is 1. The van der Waals surface area contributed by atoms with Crippen LogP contribution in [0.5, 0.6) is 0 Å². The lowest BCUT2D eigenvalue weighted by atomic mass is 10.2. The van der Waals surface area contributed by atoms with Crippen LogP contribution in [0.2, 0.25) is 0 Å². The Morgan fingerprint density at radius 3 is 2.80 bits per heavy atom. The molecule has 1 aromatic heterocycles. The van der Waals surface area contributed by atoms with Gasteiger partial charge in [-0.3, -0.25) is 0 Å². The number of hydrogen-bond donors (Lipinski definition) is 2. The van der Waals surface area contributed by atoms with Gasteiger partial charge >= 0.3 is 5.97 Å². The number of carbonyl (C=O) groups is 1. The molecule has 0 saturated heterocycles. The predicted octanol–water partition coefficient (Wildman–Crippen LogP) is 2.08. The molecule has 0 bridgehead atoms. The molecule has 0 aliphatic carbocycles. The molecule has 0 saturated carbocycles. The molecule has 2 N–H and O–H groups in total. The van der Waals surface area contributed by atoms with Gasteiger partial charge in [-0.25, -0.2) is 22.9 Å². The minimum atomic E-state index is -3.78. The number of aromatic carboxylic acids is 1. The van der Waals surface area contributed by atoms with Crippen molar-refractivity contribution in [3.05, 3.63) is 44.8 Å². The summed E-state index contributed by atoms with van der Waals surface area (Å²) in [7, 11) is -3.78. The first-order valence-electron chi connectivity index (χ1n) is 5.30. The van der Waals surface area contributed by atoms with Crippen molar-refractivity contribution in [2.75, 3.05) is 0 Å². The van der Waals surface area contributed by atoms with Crippen molar-refractivity contribution >= 4 is 43.3 Å². The van der Waals surface area contributed by atoms with E-state index in [9.17, 15) is 13.2 Å². The summed E-state index contributed by atoms with van der Waals surface area (Å²) in [6, 6.07) is 3.83. The molecule has 1 aromatic carbocycles. The molecule has 1 heterocycles. The standard InChI is InChI=1S/C11H9BrN2O4S2/c12-10-2-1-8(3-9(10)11(15)16)20(17,18)14-4-7-5-19-6-13-7/h1-3,5-6,14H,4H2,(H,15,16). The highest BCUT2D eigenvalue weighted by Crippen LogP contribution is 2.21. The van der Waals surface area contributed by atoms with E-state index in [0.29, 0.717) is 10.2 Å². The Labute approximate surface area is 127 Å². The lowest BCUT2D eigenvalue weighted by Crippen LogP contribution is -2.23. The maximum absolute atomic E-state index is 12.1. The van der Waals surface area contributed by atoms with Gasteiger partial charge in [-0.05, 0) is 34.1 Å². The number of carboxylic acids is 1. The number of sulfonamides is 1. The lowest BCUT2D eigenvalue weighted by Gasteiger charge is -2.07. The summed E-state index contributed by atoms with van der Waals surface area (Å²) < 4.78 is 26.8. The molecular weight excluding hydrogens is 368 g/mol. The second kappa shape index (κ2) is 6.00. The van der Waals surface area contributed by atoms with Crippen LogP contribution in [0, 0.1) is 0 Å². The van der Waals surface area contributed by atoms with Gasteiger partial charge in [0.2, 0.25) is 10.0 Å². The van der Waals surface area contributed by atoms with E-state index >= 15 is 0 Å². The first-order chi connectivity index (χ1) is 9.40. The van der Waals surface area contributed by atoms with E-state index in [1.165, 1.54) is 23.5 Å². The van der Waals surface area contributed by atoms with Crippen molar-refractivity contribution in [2.45, 2.75) is 11.4 Å². The number of aromatic nitrogens is 1. The fraction of sp³-hybridized carbons (Fsp3) is 0.0909. The van der Waals surface area contributed by atoms with Crippen molar-refractivity contribution in [3.8, 4) is 0 Å². The van der Waals surface area contributed by atoms with Crippen LogP contribution in [0.1, 0.15) is 16.1 Å². The zero-order valence-corrected chi connectivity index (χ0v) is 13.1. The van der Waals surface area contributed by atoms with E-state index < -0.39 is 16.0 Å². The van der Waals surface area contributed by atoms with Crippen molar-refractivity contribution < 1.29 is 18.3 Å². The zero-order chi connectivity index (χ0) is 14.8. The monoisotopic (exact) mass is 376 g/mol. The number of halogens is 1.